The molecule has 0 aromatic carbocycles. The number of carbonyl (C=O) groups excluding carboxylic acids is 1. The van der Waals surface area contributed by atoms with Crippen LogP contribution in [0.1, 0.15) is 33.6 Å². The van der Waals surface area contributed by atoms with Crippen LogP contribution in [0.4, 0.5) is 4.79 Å². The average molecular weight is 270 g/mol. The lowest BCUT2D eigenvalue weighted by Crippen LogP contribution is -2.48. The summed E-state index contributed by atoms with van der Waals surface area (Å²) >= 11 is 0. The Hall–Kier alpha value is -0.810. The Morgan fingerprint density at radius 3 is 2.63 bits per heavy atom. The van der Waals surface area contributed by atoms with Crippen molar-refractivity contribution in [3.05, 3.63) is 0 Å². The number of likely N-dealkylation sites (tertiary alicyclic amines) is 1. The van der Waals surface area contributed by atoms with E-state index >= 15 is 0 Å². The zero-order valence-corrected chi connectivity index (χ0v) is 12.3. The molecular formula is C14H26N2O3. The van der Waals surface area contributed by atoms with E-state index in [4.69, 9.17) is 9.47 Å². The molecule has 110 valence electrons. The van der Waals surface area contributed by atoms with Gasteiger partial charge in [-0.1, -0.05) is 13.8 Å². The molecule has 2 heterocycles. The molecule has 0 aliphatic carbocycles. The number of hydrogen-bond acceptors (Lipinski definition) is 3. The number of hydrogen-bond donors (Lipinski definition) is 1. The van der Waals surface area contributed by atoms with Crippen LogP contribution in [0, 0.1) is 11.8 Å². The van der Waals surface area contributed by atoms with Gasteiger partial charge in [-0.3, -0.25) is 0 Å². The molecule has 19 heavy (non-hydrogen) atoms. The van der Waals surface area contributed by atoms with Crippen molar-refractivity contribution in [1.29, 1.82) is 0 Å². The number of amides is 2. The second-order valence-corrected chi connectivity index (χ2v) is 6.00. The molecule has 0 radical (unpaired) electrons. The van der Waals surface area contributed by atoms with Crippen molar-refractivity contribution >= 4 is 6.03 Å². The van der Waals surface area contributed by atoms with E-state index in [2.05, 4.69) is 19.2 Å². The Kier molecular flexibility index (Phi) is 4.68. The zero-order valence-electron chi connectivity index (χ0n) is 12.3. The fourth-order valence-corrected chi connectivity index (χ4v) is 2.66. The van der Waals surface area contributed by atoms with Crippen molar-refractivity contribution in [3.63, 3.8) is 0 Å². The number of rotatable bonds is 3. The Morgan fingerprint density at radius 1 is 1.32 bits per heavy atom. The summed E-state index contributed by atoms with van der Waals surface area (Å²) in [6.45, 7) is 10.0. The van der Waals surface area contributed by atoms with E-state index in [1.807, 2.05) is 11.8 Å². The molecule has 0 bridgehead atoms. The van der Waals surface area contributed by atoms with Gasteiger partial charge in [0.15, 0.2) is 5.79 Å². The van der Waals surface area contributed by atoms with Crippen molar-refractivity contribution in [2.45, 2.75) is 39.4 Å². The van der Waals surface area contributed by atoms with Gasteiger partial charge in [0.1, 0.15) is 0 Å². The highest BCUT2D eigenvalue weighted by Gasteiger charge is 2.31. The third-order valence-electron chi connectivity index (χ3n) is 4.37. The molecule has 2 aliphatic heterocycles. The number of nitrogens with zero attached hydrogens (tertiary/aromatic N) is 1. The third-order valence-corrected chi connectivity index (χ3v) is 4.37. The molecular weight excluding hydrogens is 244 g/mol. The molecule has 2 fully saturated rings. The lowest BCUT2D eigenvalue weighted by molar-refractivity contribution is -0.145. The van der Waals surface area contributed by atoms with E-state index < -0.39 is 5.79 Å². The number of piperidine rings is 1. The summed E-state index contributed by atoms with van der Waals surface area (Å²) in [5, 5.41) is 2.97. The van der Waals surface area contributed by atoms with Gasteiger partial charge in [0.2, 0.25) is 0 Å². The second kappa shape index (κ2) is 6.09. The standard InChI is InChI=1S/C14H26N2O3/c1-11-4-7-16(10-12(11)2)13(17)15-6-5-14(3)18-8-9-19-14/h11-12H,4-10H2,1-3H3,(H,15,17)/t11-,12-/m0/s1. The number of nitrogens with one attached hydrogen (secondary N) is 1. The van der Waals surface area contributed by atoms with Crippen molar-refractivity contribution in [2.24, 2.45) is 11.8 Å². The first-order valence-electron chi connectivity index (χ1n) is 7.31. The molecule has 2 aliphatic rings. The van der Waals surface area contributed by atoms with Gasteiger partial charge in [-0.05, 0) is 25.2 Å². The molecule has 1 N–H and O–H groups in total. The van der Waals surface area contributed by atoms with Crippen LogP contribution < -0.4 is 5.32 Å². The van der Waals surface area contributed by atoms with Gasteiger partial charge >= 0.3 is 6.03 Å². The molecule has 5 nitrogen and oxygen atoms in total. The maximum absolute atomic E-state index is 12.1. The van der Waals surface area contributed by atoms with Crippen molar-refractivity contribution in [3.8, 4) is 0 Å². The summed E-state index contributed by atoms with van der Waals surface area (Å²) in [7, 11) is 0. The highest BCUT2D eigenvalue weighted by atomic mass is 16.7. The topological polar surface area (TPSA) is 50.8 Å². The Bertz CT molecular complexity index is 316. The summed E-state index contributed by atoms with van der Waals surface area (Å²) in [6, 6.07) is 0.0420. The molecule has 0 unspecified atom stereocenters. The normalized spacial score (nSPS) is 30.4. The smallest absolute Gasteiger partial charge is 0.317 e. The molecule has 0 aromatic heterocycles. The van der Waals surface area contributed by atoms with E-state index in [-0.39, 0.29) is 6.03 Å². The molecule has 2 amide bonds. The number of ether oxygens (including phenoxy) is 2. The second-order valence-electron chi connectivity index (χ2n) is 6.00. The van der Waals surface area contributed by atoms with Gasteiger partial charge < -0.3 is 19.7 Å². The largest absolute Gasteiger partial charge is 0.348 e. The summed E-state index contributed by atoms with van der Waals surface area (Å²) in [5.74, 6) is 0.776. The Labute approximate surface area is 115 Å². The first-order valence-corrected chi connectivity index (χ1v) is 7.31. The van der Waals surface area contributed by atoms with Crippen LogP contribution in [0.25, 0.3) is 0 Å². The Morgan fingerprint density at radius 2 is 2.00 bits per heavy atom. The molecule has 0 spiro atoms. The molecule has 0 saturated carbocycles. The van der Waals surface area contributed by atoms with Crippen LogP contribution in [0.3, 0.4) is 0 Å². The van der Waals surface area contributed by atoms with E-state index in [1.165, 1.54) is 0 Å². The van der Waals surface area contributed by atoms with Crippen molar-refractivity contribution < 1.29 is 14.3 Å². The summed E-state index contributed by atoms with van der Waals surface area (Å²) in [4.78, 5) is 14.0. The lowest BCUT2D eigenvalue weighted by Gasteiger charge is -2.35. The molecule has 0 aromatic rings. The molecule has 2 rings (SSSR count). The van der Waals surface area contributed by atoms with Gasteiger partial charge in [-0.15, -0.1) is 0 Å². The minimum Gasteiger partial charge on any atom is -0.348 e. The van der Waals surface area contributed by atoms with E-state index in [0.717, 1.165) is 19.5 Å². The molecule has 2 atom stereocenters. The van der Waals surface area contributed by atoms with Crippen LogP contribution in [-0.4, -0.2) is 49.6 Å². The van der Waals surface area contributed by atoms with E-state index in [1.54, 1.807) is 0 Å². The molecule has 2 saturated heterocycles. The SMILES string of the molecule is C[C@H]1CCN(C(=O)NCCC2(C)OCCO2)C[C@@H]1C. The lowest BCUT2D eigenvalue weighted by atomic mass is 9.89. The van der Waals surface area contributed by atoms with E-state index in [9.17, 15) is 4.79 Å². The van der Waals surface area contributed by atoms with Gasteiger partial charge in [-0.25, -0.2) is 4.79 Å². The Balaban J connectivity index is 1.69. The summed E-state index contributed by atoms with van der Waals surface area (Å²) in [6.07, 6.45) is 1.79. The first-order chi connectivity index (χ1) is 9.00. The van der Waals surface area contributed by atoms with Crippen LogP contribution in [-0.2, 0) is 9.47 Å². The van der Waals surface area contributed by atoms with Crippen LogP contribution >= 0.6 is 0 Å². The predicted octanol–water partition coefficient (Wildman–Crippen LogP) is 1.83. The van der Waals surface area contributed by atoms with Gasteiger partial charge in [-0.2, -0.15) is 0 Å². The predicted molar refractivity (Wildman–Crippen MR) is 72.8 cm³/mol. The molecule has 5 heteroatoms. The minimum atomic E-state index is -0.517. The van der Waals surface area contributed by atoms with Crippen LogP contribution in [0.2, 0.25) is 0 Å². The minimum absolute atomic E-state index is 0.0420. The monoisotopic (exact) mass is 270 g/mol. The number of urea groups is 1. The zero-order chi connectivity index (χ0) is 13.9. The van der Waals surface area contributed by atoms with Gasteiger partial charge in [0, 0.05) is 26.1 Å². The van der Waals surface area contributed by atoms with E-state index in [0.29, 0.717) is 38.0 Å². The fraction of sp³-hybridized carbons (Fsp3) is 0.929. The third kappa shape index (κ3) is 3.83. The van der Waals surface area contributed by atoms with Crippen LogP contribution in [0.15, 0.2) is 0 Å². The number of carbonyl (C=O) groups is 1. The van der Waals surface area contributed by atoms with Crippen LogP contribution in [0.5, 0.6) is 0 Å². The maximum atomic E-state index is 12.1. The maximum Gasteiger partial charge on any atom is 0.317 e. The fourth-order valence-electron chi connectivity index (χ4n) is 2.66. The van der Waals surface area contributed by atoms with Crippen molar-refractivity contribution in [1.82, 2.24) is 10.2 Å². The average Bonchev–Trinajstić information content (AvgIpc) is 2.79. The van der Waals surface area contributed by atoms with Gasteiger partial charge in [0.25, 0.3) is 0 Å². The highest BCUT2D eigenvalue weighted by molar-refractivity contribution is 5.74. The first kappa shape index (κ1) is 14.6. The highest BCUT2D eigenvalue weighted by Crippen LogP contribution is 2.23. The van der Waals surface area contributed by atoms with Crippen molar-refractivity contribution in [2.75, 3.05) is 32.8 Å². The quantitative estimate of drug-likeness (QED) is 0.851. The summed E-state index contributed by atoms with van der Waals surface area (Å²) in [5.41, 5.74) is 0. The van der Waals surface area contributed by atoms with Gasteiger partial charge in [0.05, 0.1) is 13.2 Å². The summed E-state index contributed by atoms with van der Waals surface area (Å²) < 4.78 is 11.0.